The fourth-order valence-corrected chi connectivity index (χ4v) is 4.05. The average Bonchev–Trinajstić information content (AvgIpc) is 2.98. The van der Waals surface area contributed by atoms with Gasteiger partial charge in [0.25, 0.3) is 5.91 Å². The predicted octanol–water partition coefficient (Wildman–Crippen LogP) is 5.95. The van der Waals surface area contributed by atoms with Crippen molar-refractivity contribution in [3.05, 3.63) is 75.4 Å². The molecule has 4 nitrogen and oxygen atoms in total. The minimum absolute atomic E-state index is 0.193. The number of esters is 1. The zero-order valence-electron chi connectivity index (χ0n) is 15.2. The second-order valence-electron chi connectivity index (χ2n) is 5.93. The number of anilines is 1. The van der Waals surface area contributed by atoms with Crippen molar-refractivity contribution in [2.75, 3.05) is 11.9 Å². The molecule has 0 saturated carbocycles. The maximum atomic E-state index is 13.3. The third-order valence-corrected chi connectivity index (χ3v) is 5.27. The second-order valence-corrected chi connectivity index (χ2v) is 7.59. The Morgan fingerprint density at radius 3 is 2.54 bits per heavy atom. The molecule has 0 spiro atoms. The number of ether oxygens (including phenoxy) is 1. The Morgan fingerprint density at radius 2 is 1.89 bits per heavy atom. The molecule has 3 aromatic rings. The Bertz CT molecular complexity index is 1030. The van der Waals surface area contributed by atoms with Crippen molar-refractivity contribution >= 4 is 39.8 Å². The molecule has 7 heteroatoms. The smallest absolute Gasteiger partial charge is 0.341 e. The molecule has 0 bridgehead atoms. The molecule has 1 heterocycles. The third-order valence-electron chi connectivity index (χ3n) is 4.01. The molecule has 1 N–H and O–H groups in total. The van der Waals surface area contributed by atoms with Crippen molar-refractivity contribution in [3.8, 4) is 11.1 Å². The molecule has 144 valence electrons. The van der Waals surface area contributed by atoms with Crippen LogP contribution >= 0.6 is 22.9 Å². The highest BCUT2D eigenvalue weighted by atomic mass is 35.5. The first kappa shape index (κ1) is 20.0. The van der Waals surface area contributed by atoms with Crippen LogP contribution in [-0.2, 0) is 4.74 Å². The number of rotatable bonds is 5. The van der Waals surface area contributed by atoms with E-state index in [9.17, 15) is 14.0 Å². The molecular formula is C21H17ClFNO3S. The summed E-state index contributed by atoms with van der Waals surface area (Å²) in [7, 11) is 0. The largest absolute Gasteiger partial charge is 0.462 e. The van der Waals surface area contributed by atoms with Crippen LogP contribution in [0.2, 0.25) is 5.02 Å². The summed E-state index contributed by atoms with van der Waals surface area (Å²) in [5.41, 5.74) is 1.91. The van der Waals surface area contributed by atoms with Gasteiger partial charge in [0.05, 0.1) is 6.61 Å². The summed E-state index contributed by atoms with van der Waals surface area (Å²) in [6.07, 6.45) is 0. The molecule has 0 atom stereocenters. The van der Waals surface area contributed by atoms with Crippen LogP contribution in [0.15, 0.2) is 48.5 Å². The van der Waals surface area contributed by atoms with Crippen molar-refractivity contribution in [3.63, 3.8) is 0 Å². The van der Waals surface area contributed by atoms with Gasteiger partial charge in [0, 0.05) is 21.0 Å². The lowest BCUT2D eigenvalue weighted by atomic mass is 10.0. The molecule has 3 rings (SSSR count). The molecular weight excluding hydrogens is 401 g/mol. The van der Waals surface area contributed by atoms with E-state index in [1.165, 1.54) is 23.5 Å². The molecule has 0 fully saturated rings. The minimum atomic E-state index is -0.549. The second kappa shape index (κ2) is 8.54. The Balaban J connectivity index is 2.05. The highest BCUT2D eigenvalue weighted by Gasteiger charge is 2.25. The van der Waals surface area contributed by atoms with E-state index in [0.29, 0.717) is 26.7 Å². The number of amides is 1. The molecule has 0 aliphatic rings. The quantitative estimate of drug-likeness (QED) is 0.522. The lowest BCUT2D eigenvalue weighted by Gasteiger charge is -2.09. The van der Waals surface area contributed by atoms with Gasteiger partial charge in [-0.05, 0) is 49.7 Å². The lowest BCUT2D eigenvalue weighted by molar-refractivity contribution is 0.0529. The number of hydrogen-bond acceptors (Lipinski definition) is 4. The van der Waals surface area contributed by atoms with Crippen molar-refractivity contribution < 1.29 is 18.7 Å². The number of hydrogen-bond donors (Lipinski definition) is 1. The molecule has 0 unspecified atom stereocenters. The summed E-state index contributed by atoms with van der Waals surface area (Å²) < 4.78 is 18.5. The zero-order valence-corrected chi connectivity index (χ0v) is 16.8. The molecule has 1 aromatic heterocycles. The SMILES string of the molecule is CCOC(=O)c1c(NC(=O)c2cccc(Cl)c2)sc(C)c1-c1ccc(F)cc1. The highest BCUT2D eigenvalue weighted by molar-refractivity contribution is 7.17. The Hall–Kier alpha value is -2.70. The van der Waals surface area contributed by atoms with Crippen LogP contribution in [0.5, 0.6) is 0 Å². The molecule has 0 aliphatic carbocycles. The number of benzene rings is 2. The number of aryl methyl sites for hydroxylation is 1. The lowest BCUT2D eigenvalue weighted by Crippen LogP contribution is -2.14. The Labute approximate surface area is 170 Å². The highest BCUT2D eigenvalue weighted by Crippen LogP contribution is 2.40. The summed E-state index contributed by atoms with van der Waals surface area (Å²) in [6, 6.07) is 12.4. The third kappa shape index (κ3) is 4.24. The number of thiophene rings is 1. The molecule has 0 saturated heterocycles. The molecule has 28 heavy (non-hydrogen) atoms. The van der Waals surface area contributed by atoms with Gasteiger partial charge in [-0.15, -0.1) is 11.3 Å². The fourth-order valence-electron chi connectivity index (χ4n) is 2.80. The minimum Gasteiger partial charge on any atom is -0.462 e. The van der Waals surface area contributed by atoms with E-state index in [2.05, 4.69) is 5.32 Å². The number of carbonyl (C=O) groups excluding carboxylic acids is 2. The number of carbonyl (C=O) groups is 2. The van der Waals surface area contributed by atoms with Gasteiger partial charge in [0.2, 0.25) is 0 Å². The van der Waals surface area contributed by atoms with Crippen LogP contribution in [0, 0.1) is 12.7 Å². The number of halogens is 2. The summed E-state index contributed by atoms with van der Waals surface area (Å²) in [5, 5.41) is 3.59. The topological polar surface area (TPSA) is 55.4 Å². The van der Waals surface area contributed by atoms with Gasteiger partial charge in [-0.2, -0.15) is 0 Å². The van der Waals surface area contributed by atoms with Crippen LogP contribution in [0.25, 0.3) is 11.1 Å². The molecule has 0 radical (unpaired) electrons. The van der Waals surface area contributed by atoms with E-state index < -0.39 is 5.97 Å². The first-order chi connectivity index (χ1) is 13.4. The van der Waals surface area contributed by atoms with Gasteiger partial charge in [-0.1, -0.05) is 29.8 Å². The van der Waals surface area contributed by atoms with Crippen molar-refractivity contribution in [2.24, 2.45) is 0 Å². The monoisotopic (exact) mass is 417 g/mol. The van der Waals surface area contributed by atoms with Gasteiger partial charge >= 0.3 is 5.97 Å². The van der Waals surface area contributed by atoms with Gasteiger partial charge in [-0.3, -0.25) is 4.79 Å². The first-order valence-corrected chi connectivity index (χ1v) is 9.73. The predicted molar refractivity (Wildman–Crippen MR) is 110 cm³/mol. The van der Waals surface area contributed by atoms with Crippen LogP contribution < -0.4 is 5.32 Å². The van der Waals surface area contributed by atoms with E-state index in [0.717, 1.165) is 4.88 Å². The van der Waals surface area contributed by atoms with Gasteiger partial charge in [0.1, 0.15) is 16.4 Å². The van der Waals surface area contributed by atoms with E-state index in [1.807, 2.05) is 6.92 Å². The van der Waals surface area contributed by atoms with E-state index in [4.69, 9.17) is 16.3 Å². The van der Waals surface area contributed by atoms with Crippen LogP contribution in [0.3, 0.4) is 0 Å². The van der Waals surface area contributed by atoms with Crippen LogP contribution in [0.4, 0.5) is 9.39 Å². The van der Waals surface area contributed by atoms with Crippen LogP contribution in [0.1, 0.15) is 32.5 Å². The molecule has 1 amide bonds. The fraction of sp³-hybridized carbons (Fsp3) is 0.143. The van der Waals surface area contributed by atoms with Crippen molar-refractivity contribution in [1.82, 2.24) is 0 Å². The van der Waals surface area contributed by atoms with Crippen molar-refractivity contribution in [2.45, 2.75) is 13.8 Å². The molecule has 2 aromatic carbocycles. The van der Waals surface area contributed by atoms with Crippen LogP contribution in [-0.4, -0.2) is 18.5 Å². The Morgan fingerprint density at radius 1 is 1.18 bits per heavy atom. The van der Waals surface area contributed by atoms with Gasteiger partial charge in [-0.25, -0.2) is 9.18 Å². The normalized spacial score (nSPS) is 10.6. The van der Waals surface area contributed by atoms with Crippen molar-refractivity contribution in [1.29, 1.82) is 0 Å². The van der Waals surface area contributed by atoms with E-state index in [-0.39, 0.29) is 23.9 Å². The number of nitrogens with one attached hydrogen (secondary N) is 1. The maximum absolute atomic E-state index is 13.3. The van der Waals surface area contributed by atoms with Gasteiger partial charge < -0.3 is 10.1 Å². The zero-order chi connectivity index (χ0) is 20.3. The average molecular weight is 418 g/mol. The summed E-state index contributed by atoms with van der Waals surface area (Å²) in [4.78, 5) is 26.1. The summed E-state index contributed by atoms with van der Waals surface area (Å²) in [5.74, 6) is -1.31. The maximum Gasteiger partial charge on any atom is 0.341 e. The van der Waals surface area contributed by atoms with E-state index in [1.54, 1.807) is 43.3 Å². The van der Waals surface area contributed by atoms with E-state index >= 15 is 0 Å². The summed E-state index contributed by atoms with van der Waals surface area (Å²) >= 11 is 7.22. The molecule has 0 aliphatic heterocycles. The van der Waals surface area contributed by atoms with Gasteiger partial charge in [0.15, 0.2) is 0 Å². The summed E-state index contributed by atoms with van der Waals surface area (Å²) in [6.45, 7) is 3.73. The first-order valence-electron chi connectivity index (χ1n) is 8.54. The standard InChI is InChI=1S/C21H17ClFNO3S/c1-3-27-21(26)18-17(13-7-9-16(23)10-8-13)12(2)28-20(18)24-19(25)14-5-4-6-15(22)11-14/h4-11H,3H2,1-2H3,(H,24,25). The Kier molecular flexibility index (Phi) is 6.11.